The minimum absolute atomic E-state index is 0.0676. The summed E-state index contributed by atoms with van der Waals surface area (Å²) < 4.78 is 44.0. The third-order valence-electron chi connectivity index (χ3n) is 4.14. The van der Waals surface area contributed by atoms with Crippen LogP contribution in [0.25, 0.3) is 0 Å². The van der Waals surface area contributed by atoms with Crippen molar-refractivity contribution in [2.45, 2.75) is 37.9 Å². The molecule has 1 aromatic rings. The maximum absolute atomic E-state index is 12.9. The highest BCUT2D eigenvalue weighted by molar-refractivity contribution is 5.30. The van der Waals surface area contributed by atoms with Gasteiger partial charge in [0.15, 0.2) is 0 Å². The zero-order valence-corrected chi connectivity index (χ0v) is 11.9. The van der Waals surface area contributed by atoms with Gasteiger partial charge >= 0.3 is 6.18 Å². The van der Waals surface area contributed by atoms with Crippen molar-refractivity contribution >= 4 is 0 Å². The number of pyridine rings is 1. The highest BCUT2D eigenvalue weighted by atomic mass is 19.4. The number of nitrogens with one attached hydrogen (secondary N) is 1. The molecule has 118 valence electrons. The molecular weight excluding hydrogens is 283 g/mol. The quantitative estimate of drug-likeness (QED) is 0.663. The van der Waals surface area contributed by atoms with Crippen LogP contribution in [-0.4, -0.2) is 18.3 Å². The van der Waals surface area contributed by atoms with E-state index >= 15 is 0 Å². The second-order valence-electron chi connectivity index (χ2n) is 5.40. The number of halogens is 3. The lowest BCUT2D eigenvalue weighted by atomic mass is 9.76. The van der Waals surface area contributed by atoms with Crippen molar-refractivity contribution in [3.05, 3.63) is 24.0 Å². The molecule has 3 unspecified atom stereocenters. The van der Waals surface area contributed by atoms with Gasteiger partial charge in [-0.05, 0) is 37.3 Å². The zero-order chi connectivity index (χ0) is 15.5. The van der Waals surface area contributed by atoms with Crippen LogP contribution >= 0.6 is 0 Å². The fraction of sp³-hybridized carbons (Fsp3) is 0.643. The summed E-state index contributed by atoms with van der Waals surface area (Å²) in [6, 6.07) is 3.01. The van der Waals surface area contributed by atoms with Crippen LogP contribution in [0.2, 0.25) is 0 Å². The van der Waals surface area contributed by atoms with Gasteiger partial charge in [0.1, 0.15) is 11.4 Å². The van der Waals surface area contributed by atoms with Gasteiger partial charge in [0.2, 0.25) is 0 Å². The highest BCUT2D eigenvalue weighted by Gasteiger charge is 2.44. The minimum atomic E-state index is -4.15. The molecule has 1 aliphatic carbocycles. The molecule has 1 saturated carbocycles. The first-order chi connectivity index (χ1) is 9.97. The number of nitrogens with zero attached hydrogens (tertiary/aromatic N) is 1. The van der Waals surface area contributed by atoms with E-state index in [1.54, 1.807) is 18.3 Å². The van der Waals surface area contributed by atoms with Crippen LogP contribution in [0.1, 0.15) is 37.4 Å². The number of hydrogen-bond acceptors (Lipinski definition) is 4. The molecule has 0 spiro atoms. The molecule has 3 N–H and O–H groups in total. The molecule has 21 heavy (non-hydrogen) atoms. The summed E-state index contributed by atoms with van der Waals surface area (Å²) in [7, 11) is 1.51. The van der Waals surface area contributed by atoms with E-state index in [-0.39, 0.29) is 18.8 Å². The van der Waals surface area contributed by atoms with Crippen LogP contribution in [0.4, 0.5) is 13.2 Å². The van der Waals surface area contributed by atoms with Crippen LogP contribution in [-0.2, 0) is 0 Å². The number of hydrogen-bond donors (Lipinski definition) is 2. The summed E-state index contributed by atoms with van der Waals surface area (Å²) in [5.41, 5.74) is 3.19. The number of ether oxygens (including phenoxy) is 1. The van der Waals surface area contributed by atoms with Gasteiger partial charge in [0.05, 0.1) is 19.1 Å². The molecule has 2 rings (SSSR count). The van der Waals surface area contributed by atoms with Crippen molar-refractivity contribution < 1.29 is 17.9 Å². The lowest BCUT2D eigenvalue weighted by molar-refractivity contribution is -0.186. The largest absolute Gasteiger partial charge is 0.495 e. The summed E-state index contributed by atoms with van der Waals surface area (Å²) in [6.07, 6.45) is -1.06. The van der Waals surface area contributed by atoms with Gasteiger partial charge in [-0.2, -0.15) is 13.2 Å². The van der Waals surface area contributed by atoms with Crippen molar-refractivity contribution in [2.24, 2.45) is 17.7 Å². The fourth-order valence-corrected chi connectivity index (χ4v) is 3.07. The topological polar surface area (TPSA) is 60.2 Å². The molecule has 0 aromatic carbocycles. The van der Waals surface area contributed by atoms with E-state index < -0.39 is 18.1 Å². The van der Waals surface area contributed by atoms with E-state index in [0.717, 1.165) is 0 Å². The average molecular weight is 303 g/mol. The maximum atomic E-state index is 12.9. The molecule has 0 radical (unpaired) electrons. The van der Waals surface area contributed by atoms with E-state index in [9.17, 15) is 13.2 Å². The molecule has 0 saturated heterocycles. The molecule has 4 nitrogen and oxygen atoms in total. The Labute approximate surface area is 121 Å². The summed E-state index contributed by atoms with van der Waals surface area (Å²) in [5.74, 6) is 4.65. The van der Waals surface area contributed by atoms with Crippen LogP contribution in [0.5, 0.6) is 5.75 Å². The average Bonchev–Trinajstić information content (AvgIpc) is 2.48. The standard InChI is InChI=1S/C14H20F3N3O/c1-21-11-6-3-7-19-13(11)12(20-18)9-4-2-5-10(8-9)14(15,16)17/h3,6-7,9-10,12,20H,2,4-5,8,18H2,1H3. The first-order valence-electron chi connectivity index (χ1n) is 6.99. The van der Waals surface area contributed by atoms with E-state index in [0.29, 0.717) is 24.3 Å². The van der Waals surface area contributed by atoms with Crippen molar-refractivity contribution in [3.63, 3.8) is 0 Å². The second-order valence-corrected chi connectivity index (χ2v) is 5.40. The molecule has 1 aromatic heterocycles. The van der Waals surface area contributed by atoms with Gasteiger partial charge in [0, 0.05) is 6.20 Å². The maximum Gasteiger partial charge on any atom is 0.391 e. The first kappa shape index (κ1) is 16.0. The molecule has 3 atom stereocenters. The SMILES string of the molecule is COc1cccnc1C(NN)C1CCCC(C(F)(F)F)C1. The number of rotatable bonds is 4. The molecular formula is C14H20F3N3O. The van der Waals surface area contributed by atoms with Gasteiger partial charge in [0.25, 0.3) is 0 Å². The third kappa shape index (κ3) is 3.65. The van der Waals surface area contributed by atoms with Gasteiger partial charge < -0.3 is 4.74 Å². The Balaban J connectivity index is 2.21. The fourth-order valence-electron chi connectivity index (χ4n) is 3.07. The van der Waals surface area contributed by atoms with Gasteiger partial charge in [-0.25, -0.2) is 0 Å². The summed E-state index contributed by atoms with van der Waals surface area (Å²) in [5, 5.41) is 0. The van der Waals surface area contributed by atoms with E-state index in [4.69, 9.17) is 10.6 Å². The van der Waals surface area contributed by atoms with E-state index in [2.05, 4.69) is 10.4 Å². The predicted octanol–water partition coefficient (Wildman–Crippen LogP) is 2.96. The summed E-state index contributed by atoms with van der Waals surface area (Å²) in [6.45, 7) is 0. The third-order valence-corrected chi connectivity index (χ3v) is 4.14. The van der Waals surface area contributed by atoms with Gasteiger partial charge in [-0.3, -0.25) is 16.3 Å². The Kier molecular flexibility index (Phi) is 5.05. The van der Waals surface area contributed by atoms with Crippen LogP contribution in [0.3, 0.4) is 0 Å². The Bertz CT molecular complexity index is 467. The smallest absolute Gasteiger partial charge is 0.391 e. The van der Waals surface area contributed by atoms with Crippen molar-refractivity contribution in [1.82, 2.24) is 10.4 Å². The molecule has 7 heteroatoms. The van der Waals surface area contributed by atoms with Crippen molar-refractivity contribution in [1.29, 1.82) is 0 Å². The number of methoxy groups -OCH3 is 1. The first-order valence-corrected chi connectivity index (χ1v) is 6.99. The van der Waals surface area contributed by atoms with E-state index in [1.165, 1.54) is 7.11 Å². The van der Waals surface area contributed by atoms with Crippen molar-refractivity contribution in [2.75, 3.05) is 7.11 Å². The lowest BCUT2D eigenvalue weighted by Crippen LogP contribution is -2.39. The van der Waals surface area contributed by atoms with Crippen LogP contribution in [0, 0.1) is 11.8 Å². The number of alkyl halides is 3. The van der Waals surface area contributed by atoms with Crippen molar-refractivity contribution in [3.8, 4) is 5.75 Å². The molecule has 0 amide bonds. The Hall–Kier alpha value is -1.34. The lowest BCUT2D eigenvalue weighted by Gasteiger charge is -2.35. The molecule has 0 bridgehead atoms. The van der Waals surface area contributed by atoms with Gasteiger partial charge in [-0.1, -0.05) is 6.42 Å². The number of aromatic nitrogens is 1. The van der Waals surface area contributed by atoms with E-state index in [1.807, 2.05) is 0 Å². The molecule has 1 aliphatic rings. The summed E-state index contributed by atoms with van der Waals surface area (Å²) >= 11 is 0. The Morgan fingerprint density at radius 3 is 2.81 bits per heavy atom. The second kappa shape index (κ2) is 6.62. The van der Waals surface area contributed by atoms with Crippen LogP contribution in [0.15, 0.2) is 18.3 Å². The number of hydrazine groups is 1. The summed E-state index contributed by atoms with van der Waals surface area (Å²) in [4.78, 5) is 4.23. The monoisotopic (exact) mass is 303 g/mol. The van der Waals surface area contributed by atoms with Crippen LogP contribution < -0.4 is 16.0 Å². The number of nitrogens with two attached hydrogens (primary N) is 1. The van der Waals surface area contributed by atoms with Gasteiger partial charge in [-0.15, -0.1) is 0 Å². The molecule has 1 fully saturated rings. The highest BCUT2D eigenvalue weighted by Crippen LogP contribution is 2.44. The Morgan fingerprint density at radius 1 is 1.43 bits per heavy atom. The Morgan fingerprint density at radius 2 is 2.19 bits per heavy atom. The zero-order valence-electron chi connectivity index (χ0n) is 11.9. The minimum Gasteiger partial charge on any atom is -0.495 e. The predicted molar refractivity (Wildman–Crippen MR) is 72.4 cm³/mol. The molecule has 1 heterocycles. The normalized spacial score (nSPS) is 24.6. The molecule has 0 aliphatic heterocycles.